The zero-order chi connectivity index (χ0) is 10.1. The third-order valence-electron chi connectivity index (χ3n) is 2.36. The van der Waals surface area contributed by atoms with Gasteiger partial charge in [-0.05, 0) is 59.8 Å². The summed E-state index contributed by atoms with van der Waals surface area (Å²) in [6.07, 6.45) is 3.88. The Labute approximate surface area is 83.7 Å². The maximum absolute atomic E-state index is 3.18. The molecule has 0 saturated heterocycles. The zero-order valence-electron chi connectivity index (χ0n) is 9.77. The third kappa shape index (κ3) is 7.03. The third-order valence-corrected chi connectivity index (χ3v) is 2.36. The van der Waals surface area contributed by atoms with Gasteiger partial charge in [0.2, 0.25) is 0 Å². The van der Waals surface area contributed by atoms with Crippen molar-refractivity contribution in [2.24, 2.45) is 0 Å². The second-order valence-corrected chi connectivity index (χ2v) is 3.94. The van der Waals surface area contributed by atoms with Crippen LogP contribution in [0.4, 0.5) is 0 Å². The highest BCUT2D eigenvalue weighted by Gasteiger charge is 2.06. The molecule has 0 atom stereocenters. The number of nitrogens with one attached hydrogen (secondary N) is 1. The lowest BCUT2D eigenvalue weighted by atomic mass is 10.2. The van der Waals surface area contributed by atoms with Crippen molar-refractivity contribution in [1.82, 2.24) is 10.2 Å². The van der Waals surface area contributed by atoms with Gasteiger partial charge in [-0.2, -0.15) is 0 Å². The molecule has 0 aliphatic carbocycles. The van der Waals surface area contributed by atoms with E-state index < -0.39 is 0 Å². The summed E-state index contributed by atoms with van der Waals surface area (Å²) in [4.78, 5) is 2.57. The van der Waals surface area contributed by atoms with E-state index in [4.69, 9.17) is 0 Å². The topological polar surface area (TPSA) is 15.3 Å². The van der Waals surface area contributed by atoms with Gasteiger partial charge in [-0.1, -0.05) is 6.92 Å². The lowest BCUT2D eigenvalue weighted by Crippen LogP contribution is -2.32. The fourth-order valence-electron chi connectivity index (χ4n) is 1.53. The van der Waals surface area contributed by atoms with Crippen LogP contribution in [0, 0.1) is 0 Å². The molecule has 2 nitrogen and oxygen atoms in total. The molecule has 0 aromatic carbocycles. The predicted octanol–water partition coefficient (Wildman–Crippen LogP) is 2.11. The van der Waals surface area contributed by atoms with Gasteiger partial charge in [-0.25, -0.2) is 0 Å². The Morgan fingerprint density at radius 2 is 1.85 bits per heavy atom. The van der Waals surface area contributed by atoms with Gasteiger partial charge in [-0.3, -0.25) is 0 Å². The lowest BCUT2D eigenvalue weighted by Gasteiger charge is -2.25. The van der Waals surface area contributed by atoms with Crippen molar-refractivity contribution in [2.75, 3.05) is 26.7 Å². The molecular formula is C11H26N2. The number of unbranched alkanes of at least 4 members (excludes halogenated alkanes) is 1. The maximum atomic E-state index is 3.18. The zero-order valence-corrected chi connectivity index (χ0v) is 9.77. The second kappa shape index (κ2) is 8.52. The van der Waals surface area contributed by atoms with Crippen LogP contribution in [0.5, 0.6) is 0 Å². The molecule has 1 N–H and O–H groups in total. The normalized spacial score (nSPS) is 11.5. The Kier molecular flexibility index (Phi) is 8.46. The van der Waals surface area contributed by atoms with Crippen LogP contribution in [0.15, 0.2) is 0 Å². The van der Waals surface area contributed by atoms with Gasteiger partial charge in [0, 0.05) is 6.04 Å². The summed E-state index contributed by atoms with van der Waals surface area (Å²) < 4.78 is 0. The molecule has 2 heteroatoms. The SMILES string of the molecule is CCCN(CCCCNC)C(C)C. The Balaban J connectivity index is 3.45. The Morgan fingerprint density at radius 1 is 1.15 bits per heavy atom. The van der Waals surface area contributed by atoms with Crippen LogP contribution < -0.4 is 5.32 Å². The molecule has 0 unspecified atom stereocenters. The molecule has 13 heavy (non-hydrogen) atoms. The summed E-state index contributed by atoms with van der Waals surface area (Å²) in [5.41, 5.74) is 0. The van der Waals surface area contributed by atoms with E-state index in [1.54, 1.807) is 0 Å². The molecule has 0 aromatic rings. The van der Waals surface area contributed by atoms with Crippen molar-refractivity contribution in [3.05, 3.63) is 0 Å². The van der Waals surface area contributed by atoms with E-state index in [1.165, 1.54) is 32.4 Å². The van der Waals surface area contributed by atoms with Crippen molar-refractivity contribution >= 4 is 0 Å². The molecule has 0 fully saturated rings. The molecule has 0 aliphatic heterocycles. The first-order chi connectivity index (χ1) is 6.22. The molecule has 0 amide bonds. The van der Waals surface area contributed by atoms with Crippen LogP contribution in [0.2, 0.25) is 0 Å². The van der Waals surface area contributed by atoms with E-state index in [1.807, 2.05) is 7.05 Å². The summed E-state index contributed by atoms with van der Waals surface area (Å²) >= 11 is 0. The minimum atomic E-state index is 0.703. The summed E-state index contributed by atoms with van der Waals surface area (Å²) in [6, 6.07) is 0.703. The number of hydrogen-bond donors (Lipinski definition) is 1. The van der Waals surface area contributed by atoms with E-state index in [0.29, 0.717) is 6.04 Å². The molecule has 0 spiro atoms. The first-order valence-corrected chi connectivity index (χ1v) is 5.61. The van der Waals surface area contributed by atoms with E-state index in [-0.39, 0.29) is 0 Å². The van der Waals surface area contributed by atoms with Gasteiger partial charge >= 0.3 is 0 Å². The Hall–Kier alpha value is -0.0800. The van der Waals surface area contributed by atoms with Crippen molar-refractivity contribution in [3.8, 4) is 0 Å². The van der Waals surface area contributed by atoms with E-state index in [9.17, 15) is 0 Å². The van der Waals surface area contributed by atoms with Crippen LogP contribution in [-0.4, -0.2) is 37.6 Å². The van der Waals surface area contributed by atoms with Gasteiger partial charge in [-0.15, -0.1) is 0 Å². The largest absolute Gasteiger partial charge is 0.320 e. The summed E-state index contributed by atoms with van der Waals surface area (Å²) in [5, 5.41) is 3.18. The van der Waals surface area contributed by atoms with E-state index in [2.05, 4.69) is 31.0 Å². The minimum Gasteiger partial charge on any atom is -0.320 e. The lowest BCUT2D eigenvalue weighted by molar-refractivity contribution is 0.218. The highest BCUT2D eigenvalue weighted by atomic mass is 15.1. The van der Waals surface area contributed by atoms with Crippen LogP contribution in [-0.2, 0) is 0 Å². The highest BCUT2D eigenvalue weighted by molar-refractivity contribution is 4.62. The quantitative estimate of drug-likeness (QED) is 0.584. The summed E-state index contributed by atoms with van der Waals surface area (Å²) in [6.45, 7) is 10.5. The smallest absolute Gasteiger partial charge is 0.00385 e. The van der Waals surface area contributed by atoms with Crippen LogP contribution in [0.25, 0.3) is 0 Å². The number of nitrogens with zero attached hydrogens (tertiary/aromatic N) is 1. The highest BCUT2D eigenvalue weighted by Crippen LogP contribution is 2.02. The minimum absolute atomic E-state index is 0.703. The average Bonchev–Trinajstić information content (AvgIpc) is 2.10. The van der Waals surface area contributed by atoms with Crippen molar-refractivity contribution in [3.63, 3.8) is 0 Å². The van der Waals surface area contributed by atoms with Crippen molar-refractivity contribution < 1.29 is 0 Å². The standard InChI is InChI=1S/C11H26N2/c1-5-9-13(11(2)3)10-7-6-8-12-4/h11-12H,5-10H2,1-4H3. The number of hydrogen-bond acceptors (Lipinski definition) is 2. The molecule has 0 saturated carbocycles. The van der Waals surface area contributed by atoms with Gasteiger partial charge in [0.1, 0.15) is 0 Å². The molecule has 0 rings (SSSR count). The van der Waals surface area contributed by atoms with Gasteiger partial charge in [0.25, 0.3) is 0 Å². The molecule has 0 bridgehead atoms. The number of rotatable bonds is 8. The van der Waals surface area contributed by atoms with Gasteiger partial charge in [0.05, 0.1) is 0 Å². The van der Waals surface area contributed by atoms with E-state index in [0.717, 1.165) is 6.54 Å². The van der Waals surface area contributed by atoms with Gasteiger partial charge in [0.15, 0.2) is 0 Å². The Morgan fingerprint density at radius 3 is 2.31 bits per heavy atom. The fourth-order valence-corrected chi connectivity index (χ4v) is 1.53. The van der Waals surface area contributed by atoms with Crippen LogP contribution >= 0.6 is 0 Å². The average molecular weight is 186 g/mol. The molecule has 80 valence electrons. The monoisotopic (exact) mass is 186 g/mol. The van der Waals surface area contributed by atoms with E-state index >= 15 is 0 Å². The van der Waals surface area contributed by atoms with Crippen molar-refractivity contribution in [2.45, 2.75) is 46.1 Å². The second-order valence-electron chi connectivity index (χ2n) is 3.94. The predicted molar refractivity (Wildman–Crippen MR) is 60.2 cm³/mol. The first kappa shape index (κ1) is 12.9. The molecule has 0 aromatic heterocycles. The Bertz CT molecular complexity index is 102. The van der Waals surface area contributed by atoms with Crippen LogP contribution in [0.3, 0.4) is 0 Å². The van der Waals surface area contributed by atoms with Crippen molar-refractivity contribution in [1.29, 1.82) is 0 Å². The van der Waals surface area contributed by atoms with Gasteiger partial charge < -0.3 is 10.2 Å². The first-order valence-electron chi connectivity index (χ1n) is 5.61. The molecule has 0 heterocycles. The molecule has 0 radical (unpaired) electrons. The summed E-state index contributed by atoms with van der Waals surface area (Å²) in [7, 11) is 2.02. The maximum Gasteiger partial charge on any atom is 0.00385 e. The molecular weight excluding hydrogens is 160 g/mol. The summed E-state index contributed by atoms with van der Waals surface area (Å²) in [5.74, 6) is 0. The fraction of sp³-hybridized carbons (Fsp3) is 1.00. The molecule has 0 aliphatic rings. The van der Waals surface area contributed by atoms with Crippen LogP contribution in [0.1, 0.15) is 40.0 Å².